The average Bonchev–Trinajstić information content (AvgIpc) is 3.20. The molecule has 0 saturated heterocycles. The van der Waals surface area contributed by atoms with E-state index < -0.39 is 27.1 Å². The zero-order valence-corrected chi connectivity index (χ0v) is 16.0. The molecule has 1 spiro atoms. The van der Waals surface area contributed by atoms with Gasteiger partial charge in [0.05, 0.1) is 10.5 Å². The Bertz CT molecular complexity index is 1080. The van der Waals surface area contributed by atoms with E-state index >= 15 is 0 Å². The van der Waals surface area contributed by atoms with Crippen LogP contribution >= 0.6 is 0 Å². The summed E-state index contributed by atoms with van der Waals surface area (Å²) in [7, 11) is -3.38. The van der Waals surface area contributed by atoms with Crippen LogP contribution in [0.4, 0.5) is 8.78 Å². The van der Waals surface area contributed by atoms with Crippen LogP contribution in [0.5, 0.6) is 0 Å². The Balaban J connectivity index is 1.88. The number of benzene rings is 2. The summed E-state index contributed by atoms with van der Waals surface area (Å²) in [6, 6.07) is 8.91. The van der Waals surface area contributed by atoms with E-state index in [9.17, 15) is 22.0 Å². The second kappa shape index (κ2) is 6.51. The monoisotopic (exact) mass is 404 g/mol. The van der Waals surface area contributed by atoms with E-state index in [1.165, 1.54) is 12.1 Å². The predicted octanol–water partition coefficient (Wildman–Crippen LogP) is 4.15. The quantitative estimate of drug-likeness (QED) is 0.771. The first-order valence-electron chi connectivity index (χ1n) is 8.95. The van der Waals surface area contributed by atoms with Crippen molar-refractivity contribution in [2.75, 3.05) is 6.26 Å². The van der Waals surface area contributed by atoms with Crippen LogP contribution in [0, 0.1) is 11.6 Å². The normalized spacial score (nSPS) is 18.8. The summed E-state index contributed by atoms with van der Waals surface area (Å²) in [5.74, 6) is -1.61. The maximum absolute atomic E-state index is 13.8. The first kappa shape index (κ1) is 18.8. The van der Waals surface area contributed by atoms with Crippen molar-refractivity contribution in [1.29, 1.82) is 0 Å². The number of carbonyl (C=O) groups excluding carboxylic acids is 1. The van der Waals surface area contributed by atoms with E-state index in [1.807, 2.05) is 0 Å². The molecule has 2 aromatic carbocycles. The van der Waals surface area contributed by atoms with Crippen LogP contribution in [-0.2, 0) is 19.4 Å². The molecule has 1 saturated carbocycles. The maximum Gasteiger partial charge on any atom is 0.210 e. The molecule has 0 unspecified atom stereocenters. The number of ketones is 1. The molecule has 0 amide bonds. The highest BCUT2D eigenvalue weighted by Crippen LogP contribution is 2.49. The number of rotatable bonds is 3. The highest BCUT2D eigenvalue weighted by molar-refractivity contribution is 7.90. The van der Waals surface area contributed by atoms with Gasteiger partial charge in [0.15, 0.2) is 15.4 Å². The van der Waals surface area contributed by atoms with E-state index in [1.54, 1.807) is 12.1 Å². The van der Waals surface area contributed by atoms with Gasteiger partial charge in [0.2, 0.25) is 5.78 Å². The molecule has 0 radical (unpaired) electrons. The molecule has 2 aromatic rings. The molecule has 1 aliphatic carbocycles. The Morgan fingerprint density at radius 3 is 2.04 bits per heavy atom. The minimum Gasteiger partial charge on any atom is -0.478 e. The standard InChI is InChI=1S/C21H18F2O4S/c1-28(25,26)17-6-4-13(5-7-17)19-18(14-10-15(22)12-16(23)11-14)20(24)21(27-19)8-2-3-9-21/h4-7,10-12H,2-3,8-9H2,1H3. The second-order valence-electron chi connectivity index (χ2n) is 7.29. The van der Waals surface area contributed by atoms with Gasteiger partial charge < -0.3 is 4.74 Å². The van der Waals surface area contributed by atoms with E-state index in [4.69, 9.17) is 4.74 Å². The van der Waals surface area contributed by atoms with E-state index in [2.05, 4.69) is 0 Å². The van der Waals surface area contributed by atoms with Crippen molar-refractivity contribution in [3.63, 3.8) is 0 Å². The van der Waals surface area contributed by atoms with E-state index in [-0.39, 0.29) is 27.6 Å². The predicted molar refractivity (Wildman–Crippen MR) is 100 cm³/mol. The Morgan fingerprint density at radius 2 is 1.50 bits per heavy atom. The Kier molecular flexibility index (Phi) is 4.38. The summed E-state index contributed by atoms with van der Waals surface area (Å²) in [6.45, 7) is 0. The lowest BCUT2D eigenvalue weighted by Gasteiger charge is -2.22. The highest BCUT2D eigenvalue weighted by Gasteiger charge is 2.51. The maximum atomic E-state index is 13.8. The Hall–Kier alpha value is -2.54. The fraction of sp³-hybridized carbons (Fsp3) is 0.286. The molecule has 1 aliphatic heterocycles. The lowest BCUT2D eigenvalue weighted by molar-refractivity contribution is -0.127. The van der Waals surface area contributed by atoms with Gasteiger partial charge in [-0.15, -0.1) is 0 Å². The van der Waals surface area contributed by atoms with Gasteiger partial charge in [-0.2, -0.15) is 0 Å². The lowest BCUT2D eigenvalue weighted by atomic mass is 9.89. The molecular weight excluding hydrogens is 386 g/mol. The molecule has 1 heterocycles. The van der Waals surface area contributed by atoms with Crippen LogP contribution in [0.3, 0.4) is 0 Å². The summed E-state index contributed by atoms with van der Waals surface area (Å²) in [5, 5.41) is 0. The van der Waals surface area contributed by atoms with Crippen molar-refractivity contribution in [2.24, 2.45) is 0 Å². The van der Waals surface area contributed by atoms with Gasteiger partial charge in [0.1, 0.15) is 17.4 Å². The fourth-order valence-electron chi connectivity index (χ4n) is 3.92. The van der Waals surface area contributed by atoms with Crippen LogP contribution in [-0.4, -0.2) is 26.1 Å². The number of hydrogen-bond donors (Lipinski definition) is 0. The summed E-state index contributed by atoms with van der Waals surface area (Å²) in [5.41, 5.74) is -0.270. The summed E-state index contributed by atoms with van der Waals surface area (Å²) in [6.07, 6.45) is 3.84. The summed E-state index contributed by atoms with van der Waals surface area (Å²) < 4.78 is 57.1. The van der Waals surface area contributed by atoms with E-state index in [0.29, 0.717) is 18.4 Å². The molecular formula is C21H18F2O4S. The highest BCUT2D eigenvalue weighted by atomic mass is 32.2. The Morgan fingerprint density at radius 1 is 0.929 bits per heavy atom. The van der Waals surface area contributed by atoms with Crippen LogP contribution < -0.4 is 0 Å². The average molecular weight is 404 g/mol. The van der Waals surface area contributed by atoms with Crippen molar-refractivity contribution in [2.45, 2.75) is 36.2 Å². The SMILES string of the molecule is CS(=O)(=O)c1ccc(C2=C(c3cc(F)cc(F)c3)C(=O)C3(CCCC3)O2)cc1. The molecule has 0 aromatic heterocycles. The van der Waals surface area contributed by atoms with Crippen molar-refractivity contribution in [1.82, 2.24) is 0 Å². The number of ether oxygens (including phenoxy) is 1. The van der Waals surface area contributed by atoms with Crippen molar-refractivity contribution in [3.05, 3.63) is 65.2 Å². The minimum absolute atomic E-state index is 0.119. The van der Waals surface area contributed by atoms with Crippen LogP contribution in [0.1, 0.15) is 36.8 Å². The molecule has 28 heavy (non-hydrogen) atoms. The third-order valence-electron chi connectivity index (χ3n) is 5.27. The van der Waals surface area contributed by atoms with Crippen LogP contribution in [0.2, 0.25) is 0 Å². The molecule has 4 nitrogen and oxygen atoms in total. The molecule has 2 aliphatic rings. The number of sulfone groups is 1. The molecule has 0 N–H and O–H groups in total. The molecule has 4 rings (SSSR count). The minimum atomic E-state index is -3.38. The van der Waals surface area contributed by atoms with Gasteiger partial charge in [-0.05, 0) is 67.6 Å². The van der Waals surface area contributed by atoms with Crippen LogP contribution in [0.25, 0.3) is 11.3 Å². The van der Waals surface area contributed by atoms with Crippen molar-refractivity contribution < 1.29 is 26.7 Å². The number of carbonyl (C=O) groups is 1. The topological polar surface area (TPSA) is 60.4 Å². The van der Waals surface area contributed by atoms with Gasteiger partial charge >= 0.3 is 0 Å². The first-order valence-corrected chi connectivity index (χ1v) is 10.8. The Labute approximate surface area is 161 Å². The van der Waals surface area contributed by atoms with Gasteiger partial charge in [-0.1, -0.05) is 0 Å². The zero-order chi connectivity index (χ0) is 20.1. The van der Waals surface area contributed by atoms with Crippen molar-refractivity contribution >= 4 is 27.0 Å². The van der Waals surface area contributed by atoms with Gasteiger partial charge in [-0.25, -0.2) is 17.2 Å². The largest absolute Gasteiger partial charge is 0.478 e. The summed E-state index contributed by atoms with van der Waals surface area (Å²) in [4.78, 5) is 13.4. The fourth-order valence-corrected chi connectivity index (χ4v) is 4.55. The molecule has 1 fully saturated rings. The second-order valence-corrected chi connectivity index (χ2v) is 9.31. The third-order valence-corrected chi connectivity index (χ3v) is 6.40. The molecule has 146 valence electrons. The van der Waals surface area contributed by atoms with Gasteiger partial charge in [0.25, 0.3) is 0 Å². The first-order chi connectivity index (χ1) is 13.2. The third kappa shape index (κ3) is 3.13. The molecule has 0 atom stereocenters. The van der Waals surface area contributed by atoms with Crippen LogP contribution in [0.15, 0.2) is 47.4 Å². The smallest absolute Gasteiger partial charge is 0.210 e. The molecule has 0 bridgehead atoms. The van der Waals surface area contributed by atoms with Gasteiger partial charge in [0, 0.05) is 17.9 Å². The summed E-state index contributed by atoms with van der Waals surface area (Å²) >= 11 is 0. The lowest BCUT2D eigenvalue weighted by Crippen LogP contribution is -2.33. The van der Waals surface area contributed by atoms with Gasteiger partial charge in [-0.3, -0.25) is 4.79 Å². The van der Waals surface area contributed by atoms with E-state index in [0.717, 1.165) is 37.3 Å². The number of halogens is 2. The number of hydrogen-bond acceptors (Lipinski definition) is 4. The van der Waals surface area contributed by atoms with Crippen molar-refractivity contribution in [3.8, 4) is 0 Å². The molecule has 7 heteroatoms. The number of Topliss-reactive ketones (excluding diaryl/α,β-unsaturated/α-hetero) is 1. The zero-order valence-electron chi connectivity index (χ0n) is 15.2.